The Kier molecular flexibility index (Phi) is 3.99. The number of nitrogens with one attached hydrogen (secondary N) is 1. The van der Waals surface area contributed by atoms with Crippen LogP contribution in [0.25, 0.3) is 0 Å². The maximum Gasteiger partial charge on any atom is 0.0700 e. The lowest BCUT2D eigenvalue weighted by atomic mass is 9.85. The highest BCUT2D eigenvalue weighted by Gasteiger charge is 2.21. The standard InChI is InChI=1S/C13H23N3/c1-3-14-9-12-10-16(2)15-13(12)11-7-5-4-6-8-11/h10-11,14H,3-9H2,1-2H3. The molecule has 3 heteroatoms. The fraction of sp³-hybridized carbons (Fsp3) is 0.769. The van der Waals surface area contributed by atoms with Crippen molar-refractivity contribution in [1.29, 1.82) is 0 Å². The minimum atomic E-state index is 0.712. The summed E-state index contributed by atoms with van der Waals surface area (Å²) in [5.41, 5.74) is 2.75. The lowest BCUT2D eigenvalue weighted by Gasteiger charge is -2.20. The Balaban J connectivity index is 2.10. The second-order valence-corrected chi connectivity index (χ2v) is 4.83. The van der Waals surface area contributed by atoms with E-state index >= 15 is 0 Å². The Hall–Kier alpha value is -0.830. The summed E-state index contributed by atoms with van der Waals surface area (Å²) in [7, 11) is 2.03. The van der Waals surface area contributed by atoms with Gasteiger partial charge in [0.2, 0.25) is 0 Å². The van der Waals surface area contributed by atoms with Gasteiger partial charge >= 0.3 is 0 Å². The van der Waals surface area contributed by atoms with E-state index in [1.54, 1.807) is 0 Å². The highest BCUT2D eigenvalue weighted by Crippen LogP contribution is 2.33. The summed E-state index contributed by atoms with van der Waals surface area (Å²) in [6.07, 6.45) is 8.99. The molecule has 1 heterocycles. The summed E-state index contributed by atoms with van der Waals surface area (Å²) in [4.78, 5) is 0. The van der Waals surface area contributed by atoms with Gasteiger partial charge in [0.05, 0.1) is 5.69 Å². The summed E-state index contributed by atoms with van der Waals surface area (Å²) in [5.74, 6) is 0.712. The third-order valence-electron chi connectivity index (χ3n) is 3.49. The van der Waals surface area contributed by atoms with Gasteiger partial charge in [-0.05, 0) is 19.4 Å². The third-order valence-corrected chi connectivity index (χ3v) is 3.49. The number of aromatic nitrogens is 2. The minimum absolute atomic E-state index is 0.712. The monoisotopic (exact) mass is 221 g/mol. The number of rotatable bonds is 4. The summed E-state index contributed by atoms with van der Waals surface area (Å²) in [5, 5.41) is 8.07. The van der Waals surface area contributed by atoms with E-state index in [1.807, 2.05) is 11.7 Å². The van der Waals surface area contributed by atoms with E-state index in [0.29, 0.717) is 5.92 Å². The van der Waals surface area contributed by atoms with Gasteiger partial charge in [-0.3, -0.25) is 4.68 Å². The normalized spacial score (nSPS) is 17.9. The van der Waals surface area contributed by atoms with E-state index < -0.39 is 0 Å². The molecule has 1 N–H and O–H groups in total. The van der Waals surface area contributed by atoms with E-state index in [0.717, 1.165) is 13.1 Å². The van der Waals surface area contributed by atoms with Crippen molar-refractivity contribution < 1.29 is 0 Å². The van der Waals surface area contributed by atoms with E-state index in [2.05, 4.69) is 23.5 Å². The molecule has 1 aliphatic carbocycles. The van der Waals surface area contributed by atoms with Crippen LogP contribution in [0.2, 0.25) is 0 Å². The molecule has 1 fully saturated rings. The van der Waals surface area contributed by atoms with Gasteiger partial charge in [0, 0.05) is 31.3 Å². The second kappa shape index (κ2) is 5.48. The smallest absolute Gasteiger partial charge is 0.0700 e. The van der Waals surface area contributed by atoms with Crippen LogP contribution in [0.3, 0.4) is 0 Å². The van der Waals surface area contributed by atoms with Gasteiger partial charge in [0.15, 0.2) is 0 Å². The Morgan fingerprint density at radius 2 is 2.12 bits per heavy atom. The minimum Gasteiger partial charge on any atom is -0.313 e. The SMILES string of the molecule is CCNCc1cn(C)nc1C1CCCCC1. The molecular weight excluding hydrogens is 198 g/mol. The molecule has 16 heavy (non-hydrogen) atoms. The van der Waals surface area contributed by atoms with Crippen molar-refractivity contribution in [3.8, 4) is 0 Å². The van der Waals surface area contributed by atoms with E-state index in [-0.39, 0.29) is 0 Å². The van der Waals surface area contributed by atoms with Crippen LogP contribution in [0.15, 0.2) is 6.20 Å². The molecule has 3 nitrogen and oxygen atoms in total. The number of hydrogen-bond acceptors (Lipinski definition) is 2. The van der Waals surface area contributed by atoms with Crippen molar-refractivity contribution >= 4 is 0 Å². The van der Waals surface area contributed by atoms with Gasteiger partial charge in [-0.1, -0.05) is 26.2 Å². The largest absolute Gasteiger partial charge is 0.313 e. The first-order chi connectivity index (χ1) is 7.81. The maximum atomic E-state index is 4.66. The molecule has 0 atom stereocenters. The number of aryl methyl sites for hydroxylation is 1. The predicted octanol–water partition coefficient (Wildman–Crippen LogP) is 2.58. The van der Waals surface area contributed by atoms with Gasteiger partial charge < -0.3 is 5.32 Å². The fourth-order valence-electron chi connectivity index (χ4n) is 2.67. The molecule has 1 aliphatic rings. The zero-order valence-corrected chi connectivity index (χ0v) is 10.5. The second-order valence-electron chi connectivity index (χ2n) is 4.83. The van der Waals surface area contributed by atoms with E-state index in [4.69, 9.17) is 0 Å². The molecule has 1 aromatic heterocycles. The lowest BCUT2D eigenvalue weighted by molar-refractivity contribution is 0.431. The Morgan fingerprint density at radius 1 is 1.38 bits per heavy atom. The molecule has 0 aliphatic heterocycles. The van der Waals surface area contributed by atoms with Crippen LogP contribution in [-0.4, -0.2) is 16.3 Å². The van der Waals surface area contributed by atoms with Crippen molar-refractivity contribution in [3.05, 3.63) is 17.5 Å². The summed E-state index contributed by atoms with van der Waals surface area (Å²) < 4.78 is 1.97. The molecule has 1 saturated carbocycles. The van der Waals surface area contributed by atoms with Crippen molar-refractivity contribution in [3.63, 3.8) is 0 Å². The average Bonchev–Trinajstić information content (AvgIpc) is 2.69. The Morgan fingerprint density at radius 3 is 2.81 bits per heavy atom. The molecule has 2 rings (SSSR count). The molecule has 0 radical (unpaired) electrons. The highest BCUT2D eigenvalue weighted by molar-refractivity contribution is 5.21. The Bertz CT molecular complexity index is 324. The van der Waals surface area contributed by atoms with Crippen molar-refractivity contribution in [2.24, 2.45) is 7.05 Å². The molecule has 0 spiro atoms. The van der Waals surface area contributed by atoms with Crippen LogP contribution in [0, 0.1) is 0 Å². The van der Waals surface area contributed by atoms with E-state index in [9.17, 15) is 0 Å². The van der Waals surface area contributed by atoms with Crippen LogP contribution in [0.4, 0.5) is 0 Å². The van der Waals surface area contributed by atoms with Gasteiger partial charge in [-0.2, -0.15) is 5.10 Å². The summed E-state index contributed by atoms with van der Waals surface area (Å²) >= 11 is 0. The van der Waals surface area contributed by atoms with Gasteiger partial charge in [0.1, 0.15) is 0 Å². The molecular formula is C13H23N3. The maximum absolute atomic E-state index is 4.66. The first-order valence-corrected chi connectivity index (χ1v) is 6.54. The predicted molar refractivity (Wildman–Crippen MR) is 66.4 cm³/mol. The van der Waals surface area contributed by atoms with Crippen LogP contribution in [0.5, 0.6) is 0 Å². The number of nitrogens with zero attached hydrogens (tertiary/aromatic N) is 2. The first-order valence-electron chi connectivity index (χ1n) is 6.54. The van der Waals surface area contributed by atoms with Gasteiger partial charge in [-0.15, -0.1) is 0 Å². The summed E-state index contributed by atoms with van der Waals surface area (Å²) in [6.45, 7) is 4.14. The molecule has 0 amide bonds. The molecule has 0 bridgehead atoms. The quantitative estimate of drug-likeness (QED) is 0.847. The van der Waals surface area contributed by atoms with Crippen LogP contribution in [0.1, 0.15) is 56.2 Å². The summed E-state index contributed by atoms with van der Waals surface area (Å²) in [6, 6.07) is 0. The third kappa shape index (κ3) is 2.64. The molecule has 90 valence electrons. The van der Waals surface area contributed by atoms with Crippen LogP contribution < -0.4 is 5.32 Å². The highest BCUT2D eigenvalue weighted by atomic mass is 15.3. The lowest BCUT2D eigenvalue weighted by Crippen LogP contribution is -2.14. The van der Waals surface area contributed by atoms with Crippen molar-refractivity contribution in [1.82, 2.24) is 15.1 Å². The topological polar surface area (TPSA) is 29.9 Å². The molecule has 1 aromatic rings. The average molecular weight is 221 g/mol. The van der Waals surface area contributed by atoms with Crippen molar-refractivity contribution in [2.45, 2.75) is 51.5 Å². The van der Waals surface area contributed by atoms with Crippen LogP contribution >= 0.6 is 0 Å². The zero-order chi connectivity index (χ0) is 11.4. The van der Waals surface area contributed by atoms with Gasteiger partial charge in [-0.25, -0.2) is 0 Å². The van der Waals surface area contributed by atoms with Crippen LogP contribution in [-0.2, 0) is 13.6 Å². The molecule has 0 saturated heterocycles. The van der Waals surface area contributed by atoms with Crippen molar-refractivity contribution in [2.75, 3.05) is 6.54 Å². The molecule has 0 aromatic carbocycles. The van der Waals surface area contributed by atoms with Gasteiger partial charge in [0.25, 0.3) is 0 Å². The first kappa shape index (κ1) is 11.6. The number of hydrogen-bond donors (Lipinski definition) is 1. The Labute approximate surface area is 98.2 Å². The zero-order valence-electron chi connectivity index (χ0n) is 10.5. The van der Waals surface area contributed by atoms with E-state index in [1.165, 1.54) is 43.4 Å². The fourth-order valence-corrected chi connectivity index (χ4v) is 2.67. The molecule has 0 unspecified atom stereocenters.